The third kappa shape index (κ3) is 5.15. The number of aromatic nitrogens is 4. The molecule has 0 aromatic carbocycles. The van der Waals surface area contributed by atoms with Crippen LogP contribution in [0.3, 0.4) is 0 Å². The molecule has 3 aliphatic rings. The fourth-order valence-corrected chi connectivity index (χ4v) is 6.25. The molecule has 10 nitrogen and oxygen atoms in total. The molecule has 208 valence electrons. The molecule has 6 rings (SSSR count). The molecule has 5 heterocycles. The summed E-state index contributed by atoms with van der Waals surface area (Å²) in [7, 11) is 1.67. The number of carbonyl (C=O) groups is 1. The summed E-state index contributed by atoms with van der Waals surface area (Å²) in [6, 6.07) is 3.34. The standard InChI is InChI=1S/C27H33ClFN7O3/c1-15-3-5-16(6-4-15)13-36-24-21(32-26(36)35-14-20(38-2)8-19(35)10-29)9-22(25-33-27(37)39-34-25)31-23(24)17-7-18(28)12-30-11-17/h7,9,11-12,15-16,19-20,25,34H,3-6,8,10,13-14H2,1-2H3,(H,33,37)/t15?,16?,19-,20+,25?/m0/s1. The van der Waals surface area contributed by atoms with Gasteiger partial charge in [0.25, 0.3) is 0 Å². The van der Waals surface area contributed by atoms with Crippen LogP contribution in [0.15, 0.2) is 24.5 Å². The van der Waals surface area contributed by atoms with Gasteiger partial charge in [-0.25, -0.2) is 19.2 Å². The van der Waals surface area contributed by atoms with E-state index >= 15 is 0 Å². The zero-order chi connectivity index (χ0) is 27.1. The van der Waals surface area contributed by atoms with Gasteiger partial charge in [0, 0.05) is 38.2 Å². The lowest BCUT2D eigenvalue weighted by molar-refractivity contribution is 0.117. The first kappa shape index (κ1) is 26.2. The summed E-state index contributed by atoms with van der Waals surface area (Å²) in [4.78, 5) is 33.1. The number of alkyl halides is 1. The smallest absolute Gasteiger partial charge is 0.380 e. The maximum absolute atomic E-state index is 14.3. The number of nitrogens with zero attached hydrogens (tertiary/aromatic N) is 5. The van der Waals surface area contributed by atoms with Crippen molar-refractivity contribution in [2.24, 2.45) is 11.8 Å². The molecule has 3 aromatic rings. The Labute approximate surface area is 231 Å². The molecule has 3 fully saturated rings. The molecule has 12 heteroatoms. The van der Waals surface area contributed by atoms with Crippen LogP contribution >= 0.6 is 11.6 Å². The summed E-state index contributed by atoms with van der Waals surface area (Å²) in [6.45, 7) is 3.12. The minimum Gasteiger partial charge on any atom is -0.380 e. The van der Waals surface area contributed by atoms with Gasteiger partial charge < -0.3 is 19.0 Å². The molecule has 3 atom stereocenters. The van der Waals surface area contributed by atoms with E-state index in [1.807, 2.05) is 17.0 Å². The number of nitrogens with one attached hydrogen (secondary N) is 2. The molecule has 2 saturated heterocycles. The van der Waals surface area contributed by atoms with E-state index in [-0.39, 0.29) is 12.1 Å². The Hall–Kier alpha value is -3.02. The fraction of sp³-hybridized carbons (Fsp3) is 0.556. The second kappa shape index (κ2) is 10.9. The lowest BCUT2D eigenvalue weighted by atomic mass is 9.83. The summed E-state index contributed by atoms with van der Waals surface area (Å²) < 4.78 is 22.1. The van der Waals surface area contributed by atoms with E-state index < -0.39 is 18.9 Å². The first-order valence-electron chi connectivity index (χ1n) is 13.5. The summed E-state index contributed by atoms with van der Waals surface area (Å²) in [5, 5.41) is 3.20. The van der Waals surface area contributed by atoms with Crippen molar-refractivity contribution in [1.29, 1.82) is 0 Å². The van der Waals surface area contributed by atoms with Gasteiger partial charge in [-0.2, -0.15) is 0 Å². The minimum absolute atomic E-state index is 0.0742. The number of amides is 1. The highest BCUT2D eigenvalue weighted by Crippen LogP contribution is 2.38. The van der Waals surface area contributed by atoms with E-state index in [1.54, 1.807) is 19.5 Å². The van der Waals surface area contributed by atoms with Crippen LogP contribution in [-0.2, 0) is 16.1 Å². The number of fused-ring (bicyclic) bond motifs is 1. The van der Waals surface area contributed by atoms with Crippen LogP contribution in [0.5, 0.6) is 0 Å². The summed E-state index contributed by atoms with van der Waals surface area (Å²) in [5.41, 5.74) is 6.10. The molecule has 0 bridgehead atoms. The second-order valence-corrected chi connectivity index (χ2v) is 11.4. The van der Waals surface area contributed by atoms with E-state index in [1.165, 1.54) is 12.8 Å². The average molecular weight is 558 g/mol. The number of methoxy groups -OCH3 is 1. The third-order valence-corrected chi connectivity index (χ3v) is 8.46. The molecule has 2 aliphatic heterocycles. The Morgan fingerprint density at radius 1 is 1.21 bits per heavy atom. The largest absolute Gasteiger partial charge is 0.427 e. The molecule has 1 aliphatic carbocycles. The Kier molecular flexibility index (Phi) is 7.30. The van der Waals surface area contributed by atoms with Crippen LogP contribution in [-0.4, -0.2) is 58.1 Å². The molecule has 1 amide bonds. The highest BCUT2D eigenvalue weighted by atomic mass is 35.5. The highest BCUT2D eigenvalue weighted by molar-refractivity contribution is 6.30. The topological polar surface area (TPSA) is 106 Å². The fourth-order valence-electron chi connectivity index (χ4n) is 6.08. The molecule has 1 unspecified atom stereocenters. The van der Waals surface area contributed by atoms with Crippen LogP contribution in [0.1, 0.15) is 50.9 Å². The highest BCUT2D eigenvalue weighted by Gasteiger charge is 2.37. The van der Waals surface area contributed by atoms with Gasteiger partial charge in [-0.1, -0.05) is 31.4 Å². The number of imidazole rings is 1. The summed E-state index contributed by atoms with van der Waals surface area (Å²) in [6.07, 6.45) is 7.22. The van der Waals surface area contributed by atoms with Crippen LogP contribution in [0, 0.1) is 11.8 Å². The molecule has 2 N–H and O–H groups in total. The lowest BCUT2D eigenvalue weighted by Crippen LogP contribution is -2.34. The van der Waals surface area contributed by atoms with Gasteiger partial charge in [-0.15, -0.1) is 5.48 Å². The maximum Gasteiger partial charge on any atom is 0.427 e. The molecule has 39 heavy (non-hydrogen) atoms. The van der Waals surface area contributed by atoms with E-state index in [0.717, 1.165) is 36.4 Å². The number of halogens is 2. The number of ether oxygens (including phenoxy) is 1. The Morgan fingerprint density at radius 2 is 2.03 bits per heavy atom. The van der Waals surface area contributed by atoms with Gasteiger partial charge in [0.2, 0.25) is 5.95 Å². The SMILES string of the molecule is CO[C@@H]1C[C@@H](CF)N(c2nc3cc(C4NOC(=O)N4)nc(-c4cncc(Cl)c4)c3n2CC2CCC(C)CC2)C1. The molecule has 1 saturated carbocycles. The van der Waals surface area contributed by atoms with Gasteiger partial charge in [0.15, 0.2) is 6.17 Å². The van der Waals surface area contributed by atoms with Crippen molar-refractivity contribution >= 4 is 34.7 Å². The van der Waals surface area contributed by atoms with E-state index in [4.69, 9.17) is 31.1 Å². The zero-order valence-electron chi connectivity index (χ0n) is 22.1. The van der Waals surface area contributed by atoms with Crippen LogP contribution in [0.25, 0.3) is 22.3 Å². The predicted molar refractivity (Wildman–Crippen MR) is 145 cm³/mol. The predicted octanol–water partition coefficient (Wildman–Crippen LogP) is 4.78. The quantitative estimate of drug-likeness (QED) is 0.427. The number of rotatable bonds is 7. The van der Waals surface area contributed by atoms with Crippen molar-refractivity contribution in [2.45, 2.75) is 63.9 Å². The number of pyridine rings is 2. The number of hydroxylamine groups is 1. The normalized spacial score (nSPS) is 27.2. The zero-order valence-corrected chi connectivity index (χ0v) is 22.8. The van der Waals surface area contributed by atoms with Crippen molar-refractivity contribution in [3.8, 4) is 11.3 Å². The van der Waals surface area contributed by atoms with Gasteiger partial charge in [-0.05, 0) is 43.2 Å². The van der Waals surface area contributed by atoms with Crippen LogP contribution in [0.4, 0.5) is 15.1 Å². The first-order valence-corrected chi connectivity index (χ1v) is 13.9. The van der Waals surface area contributed by atoms with E-state index in [2.05, 4.69) is 27.3 Å². The first-order chi connectivity index (χ1) is 18.9. The summed E-state index contributed by atoms with van der Waals surface area (Å²) >= 11 is 6.35. The average Bonchev–Trinajstić information content (AvgIpc) is 3.66. The van der Waals surface area contributed by atoms with Crippen molar-refractivity contribution < 1.29 is 18.8 Å². The number of hydrogen-bond acceptors (Lipinski definition) is 8. The van der Waals surface area contributed by atoms with Gasteiger partial charge in [0.05, 0.1) is 39.6 Å². The molecule has 3 aromatic heterocycles. The van der Waals surface area contributed by atoms with E-state index in [0.29, 0.717) is 46.8 Å². The van der Waals surface area contributed by atoms with Crippen molar-refractivity contribution in [1.82, 2.24) is 30.3 Å². The monoisotopic (exact) mass is 557 g/mol. The van der Waals surface area contributed by atoms with Crippen molar-refractivity contribution in [3.05, 3.63) is 35.2 Å². The van der Waals surface area contributed by atoms with Crippen LogP contribution in [0.2, 0.25) is 5.02 Å². The number of anilines is 1. The number of hydrogen-bond donors (Lipinski definition) is 2. The second-order valence-electron chi connectivity index (χ2n) is 10.9. The Morgan fingerprint density at radius 3 is 2.72 bits per heavy atom. The van der Waals surface area contributed by atoms with Gasteiger partial charge in [0.1, 0.15) is 6.67 Å². The van der Waals surface area contributed by atoms with Crippen LogP contribution < -0.4 is 15.7 Å². The Bertz CT molecular complexity index is 1360. The van der Waals surface area contributed by atoms with Gasteiger partial charge >= 0.3 is 6.09 Å². The Balaban J connectivity index is 1.54. The van der Waals surface area contributed by atoms with Crippen molar-refractivity contribution in [2.75, 3.05) is 25.2 Å². The lowest BCUT2D eigenvalue weighted by Gasteiger charge is -2.29. The van der Waals surface area contributed by atoms with Crippen molar-refractivity contribution in [3.63, 3.8) is 0 Å². The maximum atomic E-state index is 14.3. The number of carbonyl (C=O) groups excluding carboxylic acids is 1. The molecular formula is C27H33ClFN7O3. The molecular weight excluding hydrogens is 525 g/mol. The van der Waals surface area contributed by atoms with Gasteiger partial charge in [-0.3, -0.25) is 10.3 Å². The molecule has 0 radical (unpaired) electrons. The third-order valence-electron chi connectivity index (χ3n) is 8.25. The molecule has 0 spiro atoms. The van der Waals surface area contributed by atoms with E-state index in [9.17, 15) is 9.18 Å². The minimum atomic E-state index is -0.649. The summed E-state index contributed by atoms with van der Waals surface area (Å²) in [5.74, 6) is 1.91.